The number of carbonyl (C=O) groups is 1. The number of halogens is 1. The Bertz CT molecular complexity index is 554. The molecule has 0 saturated heterocycles. The summed E-state index contributed by atoms with van der Waals surface area (Å²) in [5.41, 5.74) is 2.07. The number of amides is 1. The van der Waals surface area contributed by atoms with Crippen molar-refractivity contribution in [1.29, 1.82) is 0 Å². The second-order valence-electron chi connectivity index (χ2n) is 3.62. The van der Waals surface area contributed by atoms with Crippen LogP contribution in [0.1, 0.15) is 10.5 Å². The molecule has 2 rings (SSSR count). The van der Waals surface area contributed by atoms with Gasteiger partial charge in [0.25, 0.3) is 5.91 Å². The summed E-state index contributed by atoms with van der Waals surface area (Å²) in [6.07, 6.45) is 1.63. The van der Waals surface area contributed by atoms with Crippen LogP contribution in [-0.2, 0) is 0 Å². The average molecular weight is 353 g/mol. The van der Waals surface area contributed by atoms with Gasteiger partial charge in [0.15, 0.2) is 0 Å². The molecule has 1 aromatic carbocycles. The summed E-state index contributed by atoms with van der Waals surface area (Å²) in [5, 5.41) is 5.79. The Hall–Kier alpha value is -1.63. The summed E-state index contributed by atoms with van der Waals surface area (Å²) in [6, 6.07) is 11.1. The van der Waals surface area contributed by atoms with E-state index >= 15 is 0 Å². The van der Waals surface area contributed by atoms with Crippen molar-refractivity contribution in [3.8, 4) is 0 Å². The molecule has 92 valence electrons. The molecule has 4 nitrogen and oxygen atoms in total. The maximum absolute atomic E-state index is 12.0. The van der Waals surface area contributed by atoms with Crippen molar-refractivity contribution in [2.24, 2.45) is 0 Å². The number of rotatable bonds is 3. The first-order valence-corrected chi connectivity index (χ1v) is 6.48. The van der Waals surface area contributed by atoms with Gasteiger partial charge in [0.05, 0.1) is 17.6 Å². The van der Waals surface area contributed by atoms with Crippen LogP contribution in [0.4, 0.5) is 11.4 Å². The average Bonchev–Trinajstić information content (AvgIpc) is 2.41. The molecule has 2 N–H and O–H groups in total. The standard InChI is InChI=1S/C13H12IN3O/c1-15-9-6-7-12(16-8-9)13(18)17-11-5-3-2-4-10(11)14/h2-8,15H,1H3,(H,17,18). The zero-order chi connectivity index (χ0) is 13.0. The van der Waals surface area contributed by atoms with Crippen molar-refractivity contribution in [2.75, 3.05) is 17.7 Å². The van der Waals surface area contributed by atoms with Gasteiger partial charge in [0, 0.05) is 10.6 Å². The van der Waals surface area contributed by atoms with Crippen LogP contribution in [0, 0.1) is 3.57 Å². The SMILES string of the molecule is CNc1ccc(C(=O)Nc2ccccc2I)nc1. The minimum atomic E-state index is -0.207. The highest BCUT2D eigenvalue weighted by Crippen LogP contribution is 2.17. The van der Waals surface area contributed by atoms with Gasteiger partial charge in [-0.25, -0.2) is 4.98 Å². The van der Waals surface area contributed by atoms with Crippen molar-refractivity contribution in [2.45, 2.75) is 0 Å². The van der Waals surface area contributed by atoms with Gasteiger partial charge in [-0.3, -0.25) is 4.79 Å². The van der Waals surface area contributed by atoms with Gasteiger partial charge in [0.2, 0.25) is 0 Å². The first kappa shape index (κ1) is 12.8. The molecule has 0 saturated carbocycles. The molecule has 0 fully saturated rings. The molecular formula is C13H12IN3O. The predicted octanol–water partition coefficient (Wildman–Crippen LogP) is 2.98. The monoisotopic (exact) mass is 353 g/mol. The lowest BCUT2D eigenvalue weighted by Gasteiger charge is -2.07. The number of anilines is 2. The van der Waals surface area contributed by atoms with Crippen LogP contribution >= 0.6 is 22.6 Å². The molecule has 0 unspecified atom stereocenters. The number of carbonyl (C=O) groups excluding carboxylic acids is 1. The molecule has 0 radical (unpaired) electrons. The lowest BCUT2D eigenvalue weighted by molar-refractivity contribution is 0.102. The highest BCUT2D eigenvalue weighted by Gasteiger charge is 2.08. The molecule has 0 atom stereocenters. The van der Waals surface area contributed by atoms with E-state index in [0.29, 0.717) is 5.69 Å². The molecule has 1 amide bonds. The van der Waals surface area contributed by atoms with E-state index < -0.39 is 0 Å². The molecular weight excluding hydrogens is 341 g/mol. The van der Waals surface area contributed by atoms with Crippen LogP contribution in [0.15, 0.2) is 42.6 Å². The minimum absolute atomic E-state index is 0.207. The van der Waals surface area contributed by atoms with Crippen LogP contribution in [-0.4, -0.2) is 17.9 Å². The molecule has 2 aromatic rings. The summed E-state index contributed by atoms with van der Waals surface area (Å²) >= 11 is 2.18. The zero-order valence-electron chi connectivity index (χ0n) is 9.77. The molecule has 0 spiro atoms. The van der Waals surface area contributed by atoms with E-state index in [0.717, 1.165) is 14.9 Å². The smallest absolute Gasteiger partial charge is 0.274 e. The lowest BCUT2D eigenvalue weighted by Crippen LogP contribution is -2.14. The van der Waals surface area contributed by atoms with Crippen LogP contribution in [0.5, 0.6) is 0 Å². The fourth-order valence-corrected chi connectivity index (χ4v) is 1.95. The Balaban J connectivity index is 2.14. The Morgan fingerprint density at radius 3 is 2.61 bits per heavy atom. The topological polar surface area (TPSA) is 54.0 Å². The number of para-hydroxylation sites is 1. The van der Waals surface area contributed by atoms with E-state index in [-0.39, 0.29) is 5.91 Å². The van der Waals surface area contributed by atoms with E-state index in [1.807, 2.05) is 37.4 Å². The quantitative estimate of drug-likeness (QED) is 0.835. The van der Waals surface area contributed by atoms with E-state index in [1.54, 1.807) is 12.3 Å². The number of hydrogen-bond donors (Lipinski definition) is 2. The Morgan fingerprint density at radius 2 is 2.00 bits per heavy atom. The first-order valence-electron chi connectivity index (χ1n) is 5.40. The maximum atomic E-state index is 12.0. The van der Waals surface area contributed by atoms with Gasteiger partial charge in [-0.2, -0.15) is 0 Å². The highest BCUT2D eigenvalue weighted by molar-refractivity contribution is 14.1. The summed E-state index contributed by atoms with van der Waals surface area (Å²) < 4.78 is 0.996. The van der Waals surface area contributed by atoms with Crippen LogP contribution in [0.2, 0.25) is 0 Å². The Labute approximate surface area is 119 Å². The van der Waals surface area contributed by atoms with Crippen LogP contribution in [0.25, 0.3) is 0 Å². The Kier molecular flexibility index (Phi) is 4.14. The number of hydrogen-bond acceptors (Lipinski definition) is 3. The molecule has 0 aliphatic rings. The fraction of sp³-hybridized carbons (Fsp3) is 0.0769. The van der Waals surface area contributed by atoms with E-state index in [1.165, 1.54) is 0 Å². The maximum Gasteiger partial charge on any atom is 0.274 e. The molecule has 1 heterocycles. The number of nitrogens with zero attached hydrogens (tertiary/aromatic N) is 1. The summed E-state index contributed by atoms with van der Waals surface area (Å²) in [6.45, 7) is 0. The third-order valence-electron chi connectivity index (χ3n) is 2.41. The van der Waals surface area contributed by atoms with Gasteiger partial charge in [-0.1, -0.05) is 12.1 Å². The molecule has 0 aliphatic carbocycles. The summed E-state index contributed by atoms with van der Waals surface area (Å²) in [5.74, 6) is -0.207. The fourth-order valence-electron chi connectivity index (χ4n) is 1.42. The van der Waals surface area contributed by atoms with Gasteiger partial charge in [0.1, 0.15) is 5.69 Å². The van der Waals surface area contributed by atoms with Crippen molar-refractivity contribution in [3.63, 3.8) is 0 Å². The highest BCUT2D eigenvalue weighted by atomic mass is 127. The van der Waals surface area contributed by atoms with Crippen molar-refractivity contribution in [3.05, 3.63) is 51.9 Å². The largest absolute Gasteiger partial charge is 0.387 e. The van der Waals surface area contributed by atoms with Gasteiger partial charge in [-0.05, 0) is 46.9 Å². The van der Waals surface area contributed by atoms with Crippen molar-refractivity contribution < 1.29 is 4.79 Å². The number of pyridine rings is 1. The van der Waals surface area contributed by atoms with E-state index in [9.17, 15) is 4.79 Å². The summed E-state index contributed by atoms with van der Waals surface area (Å²) in [4.78, 5) is 16.1. The van der Waals surface area contributed by atoms with Crippen LogP contribution < -0.4 is 10.6 Å². The molecule has 1 aromatic heterocycles. The Morgan fingerprint density at radius 1 is 1.22 bits per heavy atom. The van der Waals surface area contributed by atoms with E-state index in [4.69, 9.17) is 0 Å². The molecule has 0 bridgehead atoms. The molecule has 18 heavy (non-hydrogen) atoms. The van der Waals surface area contributed by atoms with Crippen molar-refractivity contribution in [1.82, 2.24) is 4.98 Å². The zero-order valence-corrected chi connectivity index (χ0v) is 11.9. The van der Waals surface area contributed by atoms with Gasteiger partial charge < -0.3 is 10.6 Å². The number of benzene rings is 1. The normalized spacial score (nSPS) is 9.89. The lowest BCUT2D eigenvalue weighted by atomic mass is 10.3. The number of aromatic nitrogens is 1. The third kappa shape index (κ3) is 2.98. The molecule has 5 heteroatoms. The predicted molar refractivity (Wildman–Crippen MR) is 80.9 cm³/mol. The third-order valence-corrected chi connectivity index (χ3v) is 3.35. The molecule has 0 aliphatic heterocycles. The number of nitrogens with one attached hydrogen (secondary N) is 2. The summed E-state index contributed by atoms with van der Waals surface area (Å²) in [7, 11) is 1.81. The second-order valence-corrected chi connectivity index (χ2v) is 4.78. The minimum Gasteiger partial charge on any atom is -0.387 e. The van der Waals surface area contributed by atoms with Gasteiger partial charge >= 0.3 is 0 Å². The first-order chi connectivity index (χ1) is 8.70. The van der Waals surface area contributed by atoms with E-state index in [2.05, 4.69) is 38.2 Å². The van der Waals surface area contributed by atoms with Gasteiger partial charge in [-0.15, -0.1) is 0 Å². The van der Waals surface area contributed by atoms with Crippen molar-refractivity contribution >= 4 is 39.9 Å². The second kappa shape index (κ2) is 5.81. The van der Waals surface area contributed by atoms with Crippen LogP contribution in [0.3, 0.4) is 0 Å².